The number of aryl methyl sites for hydroxylation is 1. The van der Waals surface area contributed by atoms with E-state index in [1.165, 1.54) is 0 Å². The first-order chi connectivity index (χ1) is 14.7. The number of alkyl carbamates (subject to hydrolysis) is 1. The number of aliphatic carboxylic acids is 2. The van der Waals surface area contributed by atoms with Crippen LogP contribution in [-0.2, 0) is 23.9 Å². The van der Waals surface area contributed by atoms with Gasteiger partial charge in [0.1, 0.15) is 6.04 Å². The molecule has 0 bridgehead atoms. The van der Waals surface area contributed by atoms with Crippen LogP contribution in [0, 0.1) is 6.92 Å². The van der Waals surface area contributed by atoms with Crippen LogP contribution >= 0.6 is 0 Å². The van der Waals surface area contributed by atoms with E-state index in [-0.39, 0.29) is 25.2 Å². The first-order valence-electron chi connectivity index (χ1n) is 9.58. The van der Waals surface area contributed by atoms with Gasteiger partial charge in [-0.25, -0.2) is 9.59 Å². The van der Waals surface area contributed by atoms with Crippen molar-refractivity contribution in [2.75, 3.05) is 6.54 Å². The summed E-state index contributed by atoms with van der Waals surface area (Å²) in [7, 11) is 0. The first kappa shape index (κ1) is 25.4. The number of carbonyl (C=O) groups is 5. The Hall–Kier alpha value is -3.63. The van der Waals surface area contributed by atoms with Crippen LogP contribution in [0.3, 0.4) is 0 Å². The van der Waals surface area contributed by atoms with Gasteiger partial charge in [-0.15, -0.1) is 0 Å². The Labute approximate surface area is 178 Å². The minimum Gasteiger partial charge on any atom is -0.481 e. The van der Waals surface area contributed by atoms with Crippen molar-refractivity contribution < 1.29 is 43.7 Å². The van der Waals surface area contributed by atoms with Crippen LogP contribution in [0.2, 0.25) is 0 Å². The number of amides is 2. The highest BCUT2D eigenvalue weighted by Gasteiger charge is 2.24. The van der Waals surface area contributed by atoms with E-state index in [4.69, 9.17) is 14.9 Å². The van der Waals surface area contributed by atoms with Crippen LogP contribution in [0.4, 0.5) is 4.79 Å². The molecule has 11 heteroatoms. The van der Waals surface area contributed by atoms with Gasteiger partial charge in [-0.3, -0.25) is 14.4 Å². The van der Waals surface area contributed by atoms with Gasteiger partial charge in [0.25, 0.3) is 12.4 Å². The molecule has 0 unspecified atom stereocenters. The highest BCUT2D eigenvalue weighted by Crippen LogP contribution is 2.08. The maximum absolute atomic E-state index is 12.0. The molecule has 2 amide bonds. The summed E-state index contributed by atoms with van der Waals surface area (Å²) in [6.07, 6.45) is -2.13. The van der Waals surface area contributed by atoms with Crippen LogP contribution in [0.5, 0.6) is 0 Å². The molecule has 0 fully saturated rings. The number of carbonyl (C=O) groups excluding carboxylic acids is 3. The van der Waals surface area contributed by atoms with Gasteiger partial charge in [0, 0.05) is 24.9 Å². The van der Waals surface area contributed by atoms with Gasteiger partial charge >= 0.3 is 18.0 Å². The molecule has 0 aromatic heterocycles. The SMILES string of the molecule is Cc1ccc(C(=O)NCCCC[C@@H](OC=O)OC(=O)N[C@@H](CCC(=O)O)C(=O)O)cc1. The normalized spacial score (nSPS) is 12.2. The van der Waals surface area contributed by atoms with Gasteiger partial charge in [-0.1, -0.05) is 17.7 Å². The van der Waals surface area contributed by atoms with Crippen molar-refractivity contribution in [3.63, 3.8) is 0 Å². The topological polar surface area (TPSA) is 168 Å². The number of nitrogens with one attached hydrogen (secondary N) is 2. The van der Waals surface area contributed by atoms with E-state index in [1.807, 2.05) is 24.4 Å². The lowest BCUT2D eigenvalue weighted by atomic mass is 10.1. The van der Waals surface area contributed by atoms with Crippen molar-refractivity contribution in [1.29, 1.82) is 0 Å². The summed E-state index contributed by atoms with van der Waals surface area (Å²) in [5.41, 5.74) is 1.57. The van der Waals surface area contributed by atoms with E-state index in [2.05, 4.69) is 10.1 Å². The Kier molecular flexibility index (Phi) is 11.1. The Morgan fingerprint density at radius 2 is 1.74 bits per heavy atom. The largest absolute Gasteiger partial charge is 0.481 e. The number of unbranched alkanes of at least 4 members (excludes halogenated alkanes) is 1. The maximum Gasteiger partial charge on any atom is 0.410 e. The van der Waals surface area contributed by atoms with Gasteiger partial charge in [0.05, 0.1) is 0 Å². The van der Waals surface area contributed by atoms with E-state index >= 15 is 0 Å². The molecule has 0 saturated carbocycles. The Morgan fingerprint density at radius 1 is 1.06 bits per heavy atom. The molecule has 0 radical (unpaired) electrons. The number of hydrogen-bond donors (Lipinski definition) is 4. The Morgan fingerprint density at radius 3 is 2.32 bits per heavy atom. The molecule has 11 nitrogen and oxygen atoms in total. The van der Waals surface area contributed by atoms with E-state index in [9.17, 15) is 24.0 Å². The van der Waals surface area contributed by atoms with Gasteiger partial charge in [0.2, 0.25) is 6.29 Å². The standard InChI is InChI=1S/C20H26N2O9/c1-13-5-7-14(8-6-13)18(26)21-11-3-2-4-17(30-12-23)31-20(29)22-15(19(27)28)9-10-16(24)25/h5-8,12,15,17H,2-4,9-11H2,1H3,(H,21,26)(H,22,29)(H,24,25)(H,27,28)/t15-,17-/m0/s1. The number of benzene rings is 1. The average molecular weight is 438 g/mol. The van der Waals surface area contributed by atoms with E-state index in [0.717, 1.165) is 5.56 Å². The van der Waals surface area contributed by atoms with E-state index in [1.54, 1.807) is 12.1 Å². The zero-order valence-electron chi connectivity index (χ0n) is 17.0. The third kappa shape index (κ3) is 10.6. The molecule has 4 N–H and O–H groups in total. The summed E-state index contributed by atoms with van der Waals surface area (Å²) in [6.45, 7) is 2.36. The van der Waals surface area contributed by atoms with Crippen LogP contribution in [0.15, 0.2) is 24.3 Å². The summed E-state index contributed by atoms with van der Waals surface area (Å²) in [6, 6.07) is 5.62. The third-order valence-electron chi connectivity index (χ3n) is 4.15. The van der Waals surface area contributed by atoms with Crippen molar-refractivity contribution in [3.8, 4) is 0 Å². The van der Waals surface area contributed by atoms with Crippen LogP contribution in [0.25, 0.3) is 0 Å². The third-order valence-corrected chi connectivity index (χ3v) is 4.15. The number of carboxylic acid groups (broad SMARTS) is 2. The molecule has 170 valence electrons. The summed E-state index contributed by atoms with van der Waals surface area (Å²) >= 11 is 0. The number of hydrogen-bond acceptors (Lipinski definition) is 7. The summed E-state index contributed by atoms with van der Waals surface area (Å²) in [5, 5.41) is 22.4. The highest BCUT2D eigenvalue weighted by atomic mass is 16.7. The molecule has 2 atom stereocenters. The van der Waals surface area contributed by atoms with E-state index < -0.39 is 36.8 Å². The average Bonchev–Trinajstić information content (AvgIpc) is 2.70. The zero-order valence-corrected chi connectivity index (χ0v) is 17.0. The lowest BCUT2D eigenvalue weighted by molar-refractivity contribution is -0.154. The molecule has 1 aromatic carbocycles. The molecule has 0 aliphatic rings. The Balaban J connectivity index is 2.38. The van der Waals surface area contributed by atoms with Crippen molar-refractivity contribution in [2.24, 2.45) is 0 Å². The van der Waals surface area contributed by atoms with Crippen LogP contribution in [0.1, 0.15) is 48.0 Å². The molecule has 0 saturated heterocycles. The second kappa shape index (κ2) is 13.6. The Bertz CT molecular complexity index is 764. The minimum absolute atomic E-state index is 0.0935. The first-order valence-corrected chi connectivity index (χ1v) is 9.58. The number of carboxylic acids is 2. The minimum atomic E-state index is -1.46. The predicted octanol–water partition coefficient (Wildman–Crippen LogP) is 1.44. The number of rotatable bonds is 14. The van der Waals surface area contributed by atoms with Crippen molar-refractivity contribution in [1.82, 2.24) is 10.6 Å². The van der Waals surface area contributed by atoms with Crippen LogP contribution in [-0.4, -0.2) is 59.5 Å². The second-order valence-electron chi connectivity index (χ2n) is 6.65. The van der Waals surface area contributed by atoms with Crippen molar-refractivity contribution in [3.05, 3.63) is 35.4 Å². The van der Waals surface area contributed by atoms with E-state index in [0.29, 0.717) is 24.9 Å². The smallest absolute Gasteiger partial charge is 0.410 e. The van der Waals surface area contributed by atoms with Gasteiger partial charge in [-0.2, -0.15) is 0 Å². The van der Waals surface area contributed by atoms with Gasteiger partial charge < -0.3 is 30.3 Å². The fourth-order valence-corrected chi connectivity index (χ4v) is 2.48. The van der Waals surface area contributed by atoms with Gasteiger partial charge in [-0.05, 0) is 38.3 Å². The fourth-order valence-electron chi connectivity index (χ4n) is 2.48. The maximum atomic E-state index is 12.0. The molecule has 0 spiro atoms. The fraction of sp³-hybridized carbons (Fsp3) is 0.450. The van der Waals surface area contributed by atoms with Crippen molar-refractivity contribution in [2.45, 2.75) is 51.4 Å². The molecule has 0 heterocycles. The second-order valence-corrected chi connectivity index (χ2v) is 6.65. The molecular weight excluding hydrogens is 412 g/mol. The van der Waals surface area contributed by atoms with Crippen molar-refractivity contribution >= 4 is 30.4 Å². The summed E-state index contributed by atoms with van der Waals surface area (Å²) in [4.78, 5) is 56.1. The molecule has 31 heavy (non-hydrogen) atoms. The summed E-state index contributed by atoms with van der Waals surface area (Å²) in [5.74, 6) is -2.86. The molecule has 0 aliphatic carbocycles. The lowest BCUT2D eigenvalue weighted by Gasteiger charge is -2.18. The highest BCUT2D eigenvalue weighted by molar-refractivity contribution is 5.94. The monoisotopic (exact) mass is 438 g/mol. The van der Waals surface area contributed by atoms with Crippen LogP contribution < -0.4 is 10.6 Å². The quantitative estimate of drug-likeness (QED) is 0.191. The lowest BCUT2D eigenvalue weighted by Crippen LogP contribution is -2.42. The van der Waals surface area contributed by atoms with Gasteiger partial charge in [0.15, 0.2) is 0 Å². The molecule has 1 aromatic rings. The zero-order chi connectivity index (χ0) is 23.2. The number of ether oxygens (including phenoxy) is 2. The molecule has 1 rings (SSSR count). The summed E-state index contributed by atoms with van der Waals surface area (Å²) < 4.78 is 9.55. The molecule has 0 aliphatic heterocycles. The molecular formula is C20H26N2O9. The predicted molar refractivity (Wildman–Crippen MR) is 106 cm³/mol.